The molecule has 2 aromatic carbocycles. The molecule has 2 N–H and O–H groups in total. The summed E-state index contributed by atoms with van der Waals surface area (Å²) in [6.07, 6.45) is 3.08. The van der Waals surface area contributed by atoms with Crippen molar-refractivity contribution in [3.8, 4) is 11.5 Å². The average molecular weight is 547 g/mol. The number of nitrogens with one attached hydrogen (secondary N) is 2. The number of piperazine rings is 1. The van der Waals surface area contributed by atoms with Gasteiger partial charge in [0.05, 0.1) is 0 Å². The van der Waals surface area contributed by atoms with Crippen LogP contribution in [0.2, 0.25) is 0 Å². The van der Waals surface area contributed by atoms with Crippen LogP contribution in [0.1, 0.15) is 11.1 Å². The number of rotatable bonds is 5. The molecule has 3 heterocycles. The molecule has 1 saturated heterocycles. The van der Waals surface area contributed by atoms with Crippen LogP contribution in [0, 0.1) is 0 Å². The largest absolute Gasteiger partial charge is 0.454 e. The maximum Gasteiger partial charge on any atom is 0.231 e. The molecule has 0 saturated carbocycles. The number of guanidine groups is 1. The second-order valence-corrected chi connectivity index (χ2v) is 8.03. The van der Waals surface area contributed by atoms with E-state index in [-0.39, 0.29) is 24.0 Å². The van der Waals surface area contributed by atoms with Gasteiger partial charge in [-0.3, -0.25) is 9.89 Å². The summed E-state index contributed by atoms with van der Waals surface area (Å²) in [7, 11) is 1.87. The lowest BCUT2D eigenvalue weighted by Crippen LogP contribution is -2.52. The summed E-state index contributed by atoms with van der Waals surface area (Å²) in [5, 5.41) is 4.85. The first kappa shape index (κ1) is 22.7. The van der Waals surface area contributed by atoms with Crippen LogP contribution < -0.4 is 14.8 Å². The first-order valence-corrected chi connectivity index (χ1v) is 10.9. The van der Waals surface area contributed by atoms with Gasteiger partial charge in [-0.2, -0.15) is 0 Å². The van der Waals surface area contributed by atoms with Crippen molar-refractivity contribution in [2.24, 2.45) is 4.99 Å². The molecule has 2 aliphatic heterocycles. The van der Waals surface area contributed by atoms with Crippen molar-refractivity contribution in [1.82, 2.24) is 20.1 Å². The monoisotopic (exact) mass is 547 g/mol. The molecule has 7 nitrogen and oxygen atoms in total. The minimum absolute atomic E-state index is 0. The maximum atomic E-state index is 5.50. The highest BCUT2D eigenvalue weighted by Crippen LogP contribution is 2.32. The molecule has 0 bridgehead atoms. The molecule has 2 aliphatic rings. The maximum absolute atomic E-state index is 5.50. The van der Waals surface area contributed by atoms with Crippen molar-refractivity contribution in [3.05, 3.63) is 59.8 Å². The molecule has 0 aliphatic carbocycles. The van der Waals surface area contributed by atoms with Crippen LogP contribution in [0.15, 0.2) is 53.7 Å². The van der Waals surface area contributed by atoms with Crippen molar-refractivity contribution in [3.63, 3.8) is 0 Å². The summed E-state index contributed by atoms with van der Waals surface area (Å²) in [6, 6.07) is 14.7. The summed E-state index contributed by atoms with van der Waals surface area (Å²) in [5.41, 5.74) is 3.80. The van der Waals surface area contributed by atoms with Gasteiger partial charge in [-0.1, -0.05) is 24.3 Å². The predicted octanol–water partition coefficient (Wildman–Crippen LogP) is 3.45. The molecule has 32 heavy (non-hydrogen) atoms. The zero-order valence-corrected chi connectivity index (χ0v) is 20.7. The number of fused-ring (bicyclic) bond motifs is 2. The quantitative estimate of drug-likeness (QED) is 0.291. The minimum Gasteiger partial charge on any atom is -0.454 e. The molecule has 3 aromatic rings. The Bertz CT molecular complexity index is 1080. The fourth-order valence-electron chi connectivity index (χ4n) is 4.39. The highest BCUT2D eigenvalue weighted by molar-refractivity contribution is 14.0. The normalized spacial score (nSPS) is 16.3. The lowest BCUT2D eigenvalue weighted by molar-refractivity contribution is 0.171. The van der Waals surface area contributed by atoms with E-state index < -0.39 is 0 Å². The first-order chi connectivity index (χ1) is 15.3. The number of H-pyrrole nitrogens is 1. The molecule has 5 rings (SSSR count). The van der Waals surface area contributed by atoms with E-state index in [1.54, 1.807) is 0 Å². The Kier molecular flexibility index (Phi) is 7.41. The molecular formula is C24H30IN5O2. The zero-order valence-electron chi connectivity index (χ0n) is 18.3. The van der Waals surface area contributed by atoms with Crippen molar-refractivity contribution >= 4 is 40.8 Å². The third-order valence-electron chi connectivity index (χ3n) is 6.08. The van der Waals surface area contributed by atoms with E-state index in [0.29, 0.717) is 6.79 Å². The van der Waals surface area contributed by atoms with Gasteiger partial charge in [0.15, 0.2) is 17.5 Å². The Morgan fingerprint density at radius 1 is 1.06 bits per heavy atom. The van der Waals surface area contributed by atoms with E-state index in [4.69, 9.17) is 9.47 Å². The van der Waals surface area contributed by atoms with Gasteiger partial charge in [-0.15, -0.1) is 24.0 Å². The van der Waals surface area contributed by atoms with Gasteiger partial charge in [-0.25, -0.2) is 0 Å². The summed E-state index contributed by atoms with van der Waals surface area (Å²) >= 11 is 0. The average Bonchev–Trinajstić information content (AvgIpc) is 3.44. The van der Waals surface area contributed by atoms with Gasteiger partial charge in [0, 0.05) is 63.4 Å². The fraction of sp³-hybridized carbons (Fsp3) is 0.375. The van der Waals surface area contributed by atoms with Crippen LogP contribution in [-0.2, 0) is 13.0 Å². The number of aromatic amines is 1. The van der Waals surface area contributed by atoms with E-state index in [9.17, 15) is 0 Å². The van der Waals surface area contributed by atoms with Crippen LogP contribution in [-0.4, -0.2) is 67.3 Å². The second kappa shape index (κ2) is 10.4. The van der Waals surface area contributed by atoms with Crippen LogP contribution in [0.5, 0.6) is 11.5 Å². The van der Waals surface area contributed by atoms with Crippen molar-refractivity contribution in [2.75, 3.05) is 46.6 Å². The van der Waals surface area contributed by atoms with E-state index >= 15 is 0 Å². The zero-order chi connectivity index (χ0) is 21.0. The number of para-hydroxylation sites is 1. The molecular weight excluding hydrogens is 517 g/mol. The number of hydrogen-bond acceptors (Lipinski definition) is 4. The van der Waals surface area contributed by atoms with Crippen molar-refractivity contribution in [1.29, 1.82) is 0 Å². The van der Waals surface area contributed by atoms with Gasteiger partial charge in [0.1, 0.15) is 0 Å². The number of aromatic nitrogens is 1. The Balaban J connectivity index is 0.00000245. The third kappa shape index (κ3) is 4.96. The Morgan fingerprint density at radius 2 is 1.88 bits per heavy atom. The van der Waals surface area contributed by atoms with E-state index in [0.717, 1.165) is 63.1 Å². The lowest BCUT2D eigenvalue weighted by atomic mass is 10.1. The van der Waals surface area contributed by atoms with Gasteiger partial charge in [-0.05, 0) is 35.7 Å². The summed E-state index contributed by atoms with van der Waals surface area (Å²) in [6.45, 7) is 6.08. The summed E-state index contributed by atoms with van der Waals surface area (Å²) in [5.74, 6) is 2.69. The Hall–Kier alpha value is -2.46. The molecule has 8 heteroatoms. The molecule has 0 spiro atoms. The molecule has 0 radical (unpaired) electrons. The number of nitrogens with zero attached hydrogens (tertiary/aromatic N) is 3. The fourth-order valence-corrected chi connectivity index (χ4v) is 4.39. The lowest BCUT2D eigenvalue weighted by Gasteiger charge is -2.36. The van der Waals surface area contributed by atoms with Gasteiger partial charge in [0.25, 0.3) is 0 Å². The molecule has 1 fully saturated rings. The van der Waals surface area contributed by atoms with Crippen molar-refractivity contribution in [2.45, 2.75) is 13.0 Å². The Morgan fingerprint density at radius 3 is 2.72 bits per heavy atom. The molecule has 0 unspecified atom stereocenters. The Labute approximate surface area is 205 Å². The smallest absolute Gasteiger partial charge is 0.231 e. The van der Waals surface area contributed by atoms with E-state index in [2.05, 4.69) is 67.7 Å². The molecule has 0 amide bonds. The standard InChI is InChI=1S/C24H29N5O2.HI/c1-25-24(26-9-8-19-15-27-21-5-3-2-4-20(19)21)29-12-10-28(11-13-29)16-18-6-7-22-23(14-18)31-17-30-22;/h2-7,14-15,27H,8-13,16-17H2,1H3,(H,25,26);1H. The first-order valence-electron chi connectivity index (χ1n) is 10.9. The number of benzene rings is 2. The van der Waals surface area contributed by atoms with Gasteiger partial charge >= 0.3 is 0 Å². The number of aliphatic imine (C=N–C) groups is 1. The van der Waals surface area contributed by atoms with Crippen LogP contribution in [0.3, 0.4) is 0 Å². The highest BCUT2D eigenvalue weighted by Gasteiger charge is 2.21. The minimum atomic E-state index is 0. The van der Waals surface area contributed by atoms with Crippen LogP contribution in [0.4, 0.5) is 0 Å². The van der Waals surface area contributed by atoms with Crippen LogP contribution in [0.25, 0.3) is 10.9 Å². The summed E-state index contributed by atoms with van der Waals surface area (Å²) < 4.78 is 10.9. The van der Waals surface area contributed by atoms with E-state index in [1.807, 2.05) is 13.1 Å². The van der Waals surface area contributed by atoms with Gasteiger partial charge in [0.2, 0.25) is 6.79 Å². The van der Waals surface area contributed by atoms with E-state index in [1.165, 1.54) is 22.0 Å². The highest BCUT2D eigenvalue weighted by atomic mass is 127. The number of hydrogen-bond donors (Lipinski definition) is 2. The molecule has 0 atom stereocenters. The van der Waals surface area contributed by atoms with Crippen molar-refractivity contribution < 1.29 is 9.47 Å². The number of halogens is 1. The predicted molar refractivity (Wildman–Crippen MR) is 138 cm³/mol. The van der Waals surface area contributed by atoms with Gasteiger partial charge < -0.3 is 24.7 Å². The van der Waals surface area contributed by atoms with Crippen LogP contribution >= 0.6 is 24.0 Å². The molecule has 1 aromatic heterocycles. The molecule has 170 valence electrons. The second-order valence-electron chi connectivity index (χ2n) is 8.03. The number of ether oxygens (including phenoxy) is 2. The topological polar surface area (TPSA) is 65.1 Å². The third-order valence-corrected chi connectivity index (χ3v) is 6.08. The summed E-state index contributed by atoms with van der Waals surface area (Å²) in [4.78, 5) is 12.7. The SMILES string of the molecule is CN=C(NCCc1c[nH]c2ccccc12)N1CCN(Cc2ccc3c(c2)OCO3)CC1.I.